The lowest BCUT2D eigenvalue weighted by Crippen LogP contribution is -2.34. The van der Waals surface area contributed by atoms with Gasteiger partial charge < -0.3 is 15.5 Å². The van der Waals surface area contributed by atoms with Crippen LogP contribution in [0, 0.1) is 6.92 Å². The van der Waals surface area contributed by atoms with Crippen LogP contribution in [0.2, 0.25) is 5.28 Å². The Hall–Kier alpha value is -3.31. The Kier molecular flexibility index (Phi) is 5.46. The zero-order valence-electron chi connectivity index (χ0n) is 17.3. The lowest BCUT2D eigenvalue weighted by molar-refractivity contribution is 0.880. The number of nitrogens with one attached hydrogen (secondary N) is 2. The molecule has 0 saturated carbocycles. The Bertz CT molecular complexity index is 1120. The van der Waals surface area contributed by atoms with Gasteiger partial charge >= 0.3 is 0 Å². The van der Waals surface area contributed by atoms with Crippen LogP contribution in [0.15, 0.2) is 66.9 Å². The van der Waals surface area contributed by atoms with Gasteiger partial charge in [-0.3, -0.25) is 0 Å². The molecule has 5 nitrogen and oxygen atoms in total. The van der Waals surface area contributed by atoms with Crippen molar-refractivity contribution in [2.75, 3.05) is 22.6 Å². The molecule has 4 rings (SSSR count). The second kappa shape index (κ2) is 8.20. The molecule has 0 aliphatic carbocycles. The fraction of sp³-hybridized carbons (Fsp3) is 0.167. The smallest absolute Gasteiger partial charge is 0.226 e. The van der Waals surface area contributed by atoms with Gasteiger partial charge in [-0.05, 0) is 54.8 Å². The summed E-state index contributed by atoms with van der Waals surface area (Å²) in [7, 11) is 1.80. The number of benzene rings is 2. The molecule has 30 heavy (non-hydrogen) atoms. The Morgan fingerprint density at radius 3 is 2.50 bits per heavy atom. The minimum Gasteiger partial charge on any atom is -0.373 e. The molecule has 3 aromatic rings. The van der Waals surface area contributed by atoms with E-state index in [1.165, 1.54) is 11.1 Å². The van der Waals surface area contributed by atoms with Gasteiger partial charge in [-0.25, -0.2) is 9.97 Å². The minimum atomic E-state index is -0.0636. The lowest BCUT2D eigenvalue weighted by Gasteiger charge is -2.37. The van der Waals surface area contributed by atoms with Crippen molar-refractivity contribution in [1.29, 1.82) is 0 Å². The maximum Gasteiger partial charge on any atom is 0.226 e. The molecule has 0 bridgehead atoms. The highest BCUT2D eigenvalue weighted by atomic mass is 35.5. The first-order valence-corrected chi connectivity index (χ1v) is 10.2. The number of para-hydroxylation sites is 1. The maximum absolute atomic E-state index is 6.09. The molecule has 1 atom stereocenters. The fourth-order valence-corrected chi connectivity index (χ4v) is 3.99. The van der Waals surface area contributed by atoms with Gasteiger partial charge in [0.05, 0.1) is 6.04 Å². The second-order valence-corrected chi connectivity index (χ2v) is 7.59. The standard InChI is InChI=1S/C24H24ClN5/c1-15-9-8-10-18-13-20(16(2)27-22-14-21(26-4)28-24(25)29-22)30(17(3)23(15)18)19-11-6-5-7-12-19/h5-14,16H,3H2,1-2,4H3,(H2,26,27,28,29)/t16-/m0/s1. The SMILES string of the molecule is C=C1c2c(C)cccc2C=C([C@H](C)Nc2cc(NC)nc(Cl)n2)N1c1ccccc1. The van der Waals surface area contributed by atoms with Crippen molar-refractivity contribution in [2.24, 2.45) is 0 Å². The Morgan fingerprint density at radius 1 is 1.03 bits per heavy atom. The van der Waals surface area contributed by atoms with E-state index in [2.05, 4.69) is 82.3 Å². The first kappa shape index (κ1) is 20.0. The Balaban J connectivity index is 1.78. The molecule has 2 N–H and O–H groups in total. The van der Waals surface area contributed by atoms with E-state index in [4.69, 9.17) is 11.6 Å². The van der Waals surface area contributed by atoms with Crippen LogP contribution in [-0.2, 0) is 0 Å². The third-order valence-electron chi connectivity index (χ3n) is 5.20. The van der Waals surface area contributed by atoms with Crippen molar-refractivity contribution < 1.29 is 0 Å². The molecule has 1 aliphatic heterocycles. The highest BCUT2D eigenvalue weighted by Gasteiger charge is 2.28. The van der Waals surface area contributed by atoms with Crippen molar-refractivity contribution in [3.63, 3.8) is 0 Å². The number of anilines is 3. The molecule has 0 amide bonds. The second-order valence-electron chi connectivity index (χ2n) is 7.25. The number of hydrogen-bond acceptors (Lipinski definition) is 5. The average Bonchev–Trinajstić information content (AvgIpc) is 2.73. The summed E-state index contributed by atoms with van der Waals surface area (Å²) in [5, 5.41) is 6.67. The number of aromatic nitrogens is 2. The van der Waals surface area contributed by atoms with Crippen molar-refractivity contribution in [3.05, 3.63) is 88.8 Å². The van der Waals surface area contributed by atoms with Crippen LogP contribution in [0.1, 0.15) is 23.6 Å². The zero-order chi connectivity index (χ0) is 21.3. The summed E-state index contributed by atoms with van der Waals surface area (Å²) < 4.78 is 0. The number of halogens is 1. The molecule has 2 aromatic carbocycles. The van der Waals surface area contributed by atoms with Gasteiger partial charge in [-0.15, -0.1) is 0 Å². The Labute approximate surface area is 182 Å². The van der Waals surface area contributed by atoms with Gasteiger partial charge in [-0.2, -0.15) is 0 Å². The van der Waals surface area contributed by atoms with Gasteiger partial charge in [-0.1, -0.05) is 43.0 Å². The van der Waals surface area contributed by atoms with Gasteiger partial charge in [0.2, 0.25) is 5.28 Å². The molecule has 152 valence electrons. The molecular weight excluding hydrogens is 394 g/mol. The van der Waals surface area contributed by atoms with Crippen LogP contribution < -0.4 is 15.5 Å². The van der Waals surface area contributed by atoms with Crippen molar-refractivity contribution in [1.82, 2.24) is 9.97 Å². The average molecular weight is 418 g/mol. The maximum atomic E-state index is 6.09. The highest BCUT2D eigenvalue weighted by Crippen LogP contribution is 2.39. The molecule has 0 spiro atoms. The summed E-state index contributed by atoms with van der Waals surface area (Å²) >= 11 is 6.09. The third kappa shape index (κ3) is 3.76. The van der Waals surface area contributed by atoms with Crippen molar-refractivity contribution >= 4 is 40.7 Å². The summed E-state index contributed by atoms with van der Waals surface area (Å²) in [6.45, 7) is 8.68. The quantitative estimate of drug-likeness (QED) is 0.513. The largest absolute Gasteiger partial charge is 0.373 e. The van der Waals surface area contributed by atoms with Gasteiger partial charge in [0.15, 0.2) is 0 Å². The topological polar surface area (TPSA) is 53.1 Å². The van der Waals surface area contributed by atoms with Crippen LogP contribution in [0.5, 0.6) is 0 Å². The number of aryl methyl sites for hydroxylation is 1. The lowest BCUT2D eigenvalue weighted by atomic mass is 9.92. The van der Waals surface area contributed by atoms with E-state index in [0.29, 0.717) is 11.6 Å². The summed E-state index contributed by atoms with van der Waals surface area (Å²) in [5.74, 6) is 1.31. The molecule has 0 fully saturated rings. The molecule has 1 aromatic heterocycles. The molecule has 0 unspecified atom stereocenters. The van der Waals surface area contributed by atoms with Gasteiger partial charge in [0.1, 0.15) is 11.6 Å². The van der Waals surface area contributed by atoms with E-state index in [1.54, 1.807) is 7.05 Å². The number of rotatable bonds is 5. The molecule has 0 radical (unpaired) electrons. The number of fused-ring (bicyclic) bond motifs is 1. The summed E-state index contributed by atoms with van der Waals surface area (Å²) in [4.78, 5) is 10.7. The monoisotopic (exact) mass is 417 g/mol. The van der Waals surface area contributed by atoms with Gasteiger partial charge in [0.25, 0.3) is 0 Å². The van der Waals surface area contributed by atoms with Crippen LogP contribution in [0.25, 0.3) is 11.8 Å². The van der Waals surface area contributed by atoms with Crippen LogP contribution in [0.3, 0.4) is 0 Å². The highest BCUT2D eigenvalue weighted by molar-refractivity contribution is 6.28. The predicted octanol–water partition coefficient (Wildman–Crippen LogP) is 5.81. The molecule has 0 saturated heterocycles. The first-order chi connectivity index (χ1) is 14.5. The van der Waals surface area contributed by atoms with E-state index in [0.717, 1.165) is 22.6 Å². The fourth-order valence-electron chi connectivity index (χ4n) is 3.81. The van der Waals surface area contributed by atoms with E-state index in [9.17, 15) is 0 Å². The molecule has 1 aliphatic rings. The predicted molar refractivity (Wildman–Crippen MR) is 127 cm³/mol. The molecule has 2 heterocycles. The van der Waals surface area contributed by atoms with E-state index < -0.39 is 0 Å². The zero-order valence-corrected chi connectivity index (χ0v) is 18.0. The summed E-state index contributed by atoms with van der Waals surface area (Å²) in [6, 6.07) is 18.4. The molecule has 6 heteroatoms. The van der Waals surface area contributed by atoms with Crippen molar-refractivity contribution in [2.45, 2.75) is 19.9 Å². The van der Waals surface area contributed by atoms with Crippen LogP contribution >= 0.6 is 11.6 Å². The minimum absolute atomic E-state index is 0.0636. The first-order valence-electron chi connectivity index (χ1n) is 9.82. The van der Waals surface area contributed by atoms with E-state index in [1.807, 2.05) is 24.3 Å². The van der Waals surface area contributed by atoms with Crippen LogP contribution in [-0.4, -0.2) is 23.1 Å². The summed E-state index contributed by atoms with van der Waals surface area (Å²) in [5.41, 5.74) is 6.62. The Morgan fingerprint density at radius 2 is 1.77 bits per heavy atom. The molecular formula is C24H24ClN5. The third-order valence-corrected chi connectivity index (χ3v) is 5.37. The van der Waals surface area contributed by atoms with E-state index in [-0.39, 0.29) is 11.3 Å². The number of hydrogen-bond donors (Lipinski definition) is 2. The summed E-state index contributed by atoms with van der Waals surface area (Å²) in [6.07, 6.45) is 2.21. The number of nitrogens with zero attached hydrogens (tertiary/aromatic N) is 3. The van der Waals surface area contributed by atoms with Gasteiger partial charge in [0, 0.05) is 35.8 Å². The normalized spacial score (nSPS) is 14.1. The van der Waals surface area contributed by atoms with Crippen LogP contribution in [0.4, 0.5) is 17.3 Å². The van der Waals surface area contributed by atoms with Crippen molar-refractivity contribution in [3.8, 4) is 0 Å². The van der Waals surface area contributed by atoms with E-state index >= 15 is 0 Å².